The maximum atomic E-state index is 6.27. The normalized spacial score (nSPS) is 13.0. The standard InChI is InChI=1S/C17H14Cl2N4O2S/c18-12-3-1-2-11(8-12)16-21-22-17(23(16)20)26-9-10-6-13(19)15-14(7-10)24-4-5-25-15/h1-3,6-8H,4-5,9,20H2. The lowest BCUT2D eigenvalue weighted by atomic mass is 10.2. The van der Waals surface area contributed by atoms with Crippen molar-refractivity contribution in [2.45, 2.75) is 10.9 Å². The second kappa shape index (κ2) is 7.26. The summed E-state index contributed by atoms with van der Waals surface area (Å²) >= 11 is 13.8. The van der Waals surface area contributed by atoms with E-state index < -0.39 is 0 Å². The summed E-state index contributed by atoms with van der Waals surface area (Å²) in [5, 5.41) is 10.1. The molecule has 0 aliphatic carbocycles. The van der Waals surface area contributed by atoms with Crippen molar-refractivity contribution in [2.75, 3.05) is 19.1 Å². The van der Waals surface area contributed by atoms with Crippen LogP contribution in [0, 0.1) is 0 Å². The third-order valence-electron chi connectivity index (χ3n) is 3.77. The zero-order valence-corrected chi connectivity index (χ0v) is 15.8. The highest BCUT2D eigenvalue weighted by Gasteiger charge is 2.18. The summed E-state index contributed by atoms with van der Waals surface area (Å²) in [7, 11) is 0. The summed E-state index contributed by atoms with van der Waals surface area (Å²) in [6, 6.07) is 11.1. The second-order valence-electron chi connectivity index (χ2n) is 5.58. The van der Waals surface area contributed by atoms with Crippen LogP contribution in [0.1, 0.15) is 5.56 Å². The van der Waals surface area contributed by atoms with Gasteiger partial charge in [-0.2, -0.15) is 0 Å². The van der Waals surface area contributed by atoms with Gasteiger partial charge in [-0.1, -0.05) is 47.1 Å². The molecule has 0 unspecified atom stereocenters. The zero-order chi connectivity index (χ0) is 18.1. The van der Waals surface area contributed by atoms with E-state index in [1.807, 2.05) is 24.3 Å². The van der Waals surface area contributed by atoms with Gasteiger partial charge < -0.3 is 15.3 Å². The van der Waals surface area contributed by atoms with E-state index in [9.17, 15) is 0 Å². The number of benzene rings is 2. The summed E-state index contributed by atoms with van der Waals surface area (Å²) in [6.07, 6.45) is 0. The first-order valence-corrected chi connectivity index (χ1v) is 9.53. The number of halogens is 2. The van der Waals surface area contributed by atoms with Crippen LogP contribution in [0.4, 0.5) is 0 Å². The molecule has 1 aliphatic heterocycles. The van der Waals surface area contributed by atoms with Gasteiger partial charge in [0.05, 0.1) is 5.02 Å². The Hall–Kier alpha value is -2.09. The van der Waals surface area contributed by atoms with Crippen molar-refractivity contribution in [1.29, 1.82) is 0 Å². The van der Waals surface area contributed by atoms with Crippen LogP contribution in [0.5, 0.6) is 11.5 Å². The van der Waals surface area contributed by atoms with Crippen LogP contribution in [-0.2, 0) is 5.75 Å². The van der Waals surface area contributed by atoms with E-state index in [2.05, 4.69) is 10.2 Å². The molecule has 0 atom stereocenters. The number of thioether (sulfide) groups is 1. The third-order valence-corrected chi connectivity index (χ3v) is 5.30. The lowest BCUT2D eigenvalue weighted by Crippen LogP contribution is -2.15. The lowest BCUT2D eigenvalue weighted by Gasteiger charge is -2.20. The van der Waals surface area contributed by atoms with Crippen molar-refractivity contribution in [2.24, 2.45) is 0 Å². The van der Waals surface area contributed by atoms with Gasteiger partial charge in [0.1, 0.15) is 13.2 Å². The minimum atomic E-state index is 0.503. The van der Waals surface area contributed by atoms with E-state index in [-0.39, 0.29) is 0 Å². The highest BCUT2D eigenvalue weighted by Crippen LogP contribution is 2.39. The number of fused-ring (bicyclic) bond motifs is 1. The molecule has 0 radical (unpaired) electrons. The van der Waals surface area contributed by atoms with Crippen LogP contribution < -0.4 is 15.3 Å². The molecule has 2 heterocycles. The van der Waals surface area contributed by atoms with Crippen molar-refractivity contribution in [1.82, 2.24) is 14.9 Å². The van der Waals surface area contributed by atoms with E-state index in [1.165, 1.54) is 16.4 Å². The number of nitrogens with zero attached hydrogens (tertiary/aromatic N) is 3. The number of rotatable bonds is 4. The number of nitrogens with two attached hydrogens (primary N) is 1. The number of nitrogen functional groups attached to an aromatic ring is 1. The molecule has 6 nitrogen and oxygen atoms in total. The van der Waals surface area contributed by atoms with E-state index in [0.717, 1.165) is 11.1 Å². The summed E-state index contributed by atoms with van der Waals surface area (Å²) in [5.41, 5.74) is 1.79. The Bertz CT molecular complexity index is 964. The van der Waals surface area contributed by atoms with Gasteiger partial charge in [-0.05, 0) is 29.8 Å². The number of ether oxygens (including phenoxy) is 2. The topological polar surface area (TPSA) is 75.2 Å². The Morgan fingerprint density at radius 1 is 1.12 bits per heavy atom. The van der Waals surface area contributed by atoms with E-state index in [1.54, 1.807) is 12.1 Å². The molecule has 4 rings (SSSR count). The average molecular weight is 409 g/mol. The van der Waals surface area contributed by atoms with Crippen molar-refractivity contribution in [3.8, 4) is 22.9 Å². The smallest absolute Gasteiger partial charge is 0.210 e. The van der Waals surface area contributed by atoms with Gasteiger partial charge in [-0.15, -0.1) is 10.2 Å². The van der Waals surface area contributed by atoms with Crippen molar-refractivity contribution < 1.29 is 9.47 Å². The summed E-state index contributed by atoms with van der Waals surface area (Å²) in [4.78, 5) is 0. The van der Waals surface area contributed by atoms with E-state index >= 15 is 0 Å². The van der Waals surface area contributed by atoms with Crippen LogP contribution in [0.15, 0.2) is 41.6 Å². The molecule has 2 N–H and O–H groups in total. The molecule has 0 amide bonds. The fourth-order valence-electron chi connectivity index (χ4n) is 2.60. The first-order chi connectivity index (χ1) is 12.6. The molecule has 1 aromatic heterocycles. The zero-order valence-electron chi connectivity index (χ0n) is 13.5. The Morgan fingerprint density at radius 2 is 1.96 bits per heavy atom. The molecule has 9 heteroatoms. The fourth-order valence-corrected chi connectivity index (χ4v) is 3.86. The van der Waals surface area contributed by atoms with Gasteiger partial charge in [0, 0.05) is 16.3 Å². The van der Waals surface area contributed by atoms with Gasteiger partial charge in [0.2, 0.25) is 5.16 Å². The predicted octanol–water partition coefficient (Wildman–Crippen LogP) is 4.03. The van der Waals surface area contributed by atoms with Gasteiger partial charge in [0.15, 0.2) is 17.3 Å². The summed E-state index contributed by atoms with van der Waals surface area (Å²) < 4.78 is 12.6. The quantitative estimate of drug-likeness (QED) is 0.518. The fraction of sp³-hybridized carbons (Fsp3) is 0.176. The molecule has 0 fully saturated rings. The molecule has 0 saturated heterocycles. The van der Waals surface area contributed by atoms with Crippen LogP contribution in [0.2, 0.25) is 10.0 Å². The number of aromatic nitrogens is 3. The number of hydrogen-bond donors (Lipinski definition) is 1. The van der Waals surface area contributed by atoms with Gasteiger partial charge in [0.25, 0.3) is 0 Å². The predicted molar refractivity (Wildman–Crippen MR) is 103 cm³/mol. The number of hydrogen-bond acceptors (Lipinski definition) is 6. The minimum absolute atomic E-state index is 0.503. The lowest BCUT2D eigenvalue weighted by molar-refractivity contribution is 0.171. The molecular weight excluding hydrogens is 395 g/mol. The Labute approximate surface area is 164 Å². The maximum absolute atomic E-state index is 6.27. The van der Waals surface area contributed by atoms with Crippen molar-refractivity contribution in [3.63, 3.8) is 0 Å². The van der Waals surface area contributed by atoms with Crippen molar-refractivity contribution >= 4 is 35.0 Å². The summed E-state index contributed by atoms with van der Waals surface area (Å²) in [6.45, 7) is 1.02. The first kappa shape index (κ1) is 17.3. The molecule has 0 spiro atoms. The SMILES string of the molecule is Nn1c(SCc2cc(Cl)c3c(c2)OCCO3)nnc1-c1cccc(Cl)c1. The molecule has 1 aliphatic rings. The summed E-state index contributed by atoms with van der Waals surface area (Å²) in [5.74, 6) is 8.57. The molecule has 3 aromatic rings. The van der Waals surface area contributed by atoms with E-state index in [4.69, 9.17) is 38.5 Å². The average Bonchev–Trinajstić information content (AvgIpc) is 3.01. The minimum Gasteiger partial charge on any atom is -0.486 e. The molecule has 0 bridgehead atoms. The van der Waals surface area contributed by atoms with E-state index in [0.29, 0.717) is 51.5 Å². The van der Waals surface area contributed by atoms with Crippen LogP contribution >= 0.6 is 35.0 Å². The molecule has 26 heavy (non-hydrogen) atoms. The highest BCUT2D eigenvalue weighted by atomic mass is 35.5. The van der Waals surface area contributed by atoms with Gasteiger partial charge >= 0.3 is 0 Å². The van der Waals surface area contributed by atoms with Gasteiger partial charge in [-0.3, -0.25) is 0 Å². The largest absolute Gasteiger partial charge is 0.486 e. The Morgan fingerprint density at radius 3 is 2.81 bits per heavy atom. The maximum Gasteiger partial charge on any atom is 0.210 e. The highest BCUT2D eigenvalue weighted by molar-refractivity contribution is 7.98. The first-order valence-electron chi connectivity index (χ1n) is 7.79. The molecule has 0 saturated carbocycles. The Kier molecular flexibility index (Phi) is 4.84. The van der Waals surface area contributed by atoms with Crippen molar-refractivity contribution in [3.05, 3.63) is 52.0 Å². The van der Waals surface area contributed by atoms with Gasteiger partial charge in [-0.25, -0.2) is 4.68 Å². The third kappa shape index (κ3) is 3.42. The Balaban J connectivity index is 1.53. The molecular formula is C17H14Cl2N4O2S. The second-order valence-corrected chi connectivity index (χ2v) is 7.36. The van der Waals surface area contributed by atoms with Crippen LogP contribution in [-0.4, -0.2) is 28.1 Å². The van der Waals surface area contributed by atoms with Crippen LogP contribution in [0.3, 0.4) is 0 Å². The van der Waals surface area contributed by atoms with Crippen LogP contribution in [0.25, 0.3) is 11.4 Å². The molecule has 134 valence electrons. The monoisotopic (exact) mass is 408 g/mol. The molecule has 2 aromatic carbocycles.